The van der Waals surface area contributed by atoms with Gasteiger partial charge in [0.15, 0.2) is 0 Å². The number of phenols is 1. The molecule has 0 radical (unpaired) electrons. The highest BCUT2D eigenvalue weighted by Crippen LogP contribution is 2.40. The Labute approximate surface area is 171 Å². The summed E-state index contributed by atoms with van der Waals surface area (Å²) in [7, 11) is -2.79. The number of phenolic OH excluding ortho intramolecular Hbond substituents is 1. The van der Waals surface area contributed by atoms with Gasteiger partial charge < -0.3 is 20.7 Å². The highest BCUT2D eigenvalue weighted by atomic mass is 31.2. The Hall–Kier alpha value is -2.80. The zero-order valence-electron chi connectivity index (χ0n) is 16.9. The number of hydrogen-bond acceptors (Lipinski definition) is 6. The van der Waals surface area contributed by atoms with Gasteiger partial charge in [0, 0.05) is 17.1 Å². The molecule has 1 heterocycles. The van der Waals surface area contributed by atoms with Gasteiger partial charge >= 0.3 is 6.18 Å². The Balaban J connectivity index is 2.09. The summed E-state index contributed by atoms with van der Waals surface area (Å²) in [4.78, 5) is 8.66. The standard InChI is InChI=1S/C20H22F3N4O2P/c1-10(12-5-13(20(21,22)23)7-14(24)6-12)25-19-15-8-18(30(3,4)29)17(28)9-16(15)26-11(2)27-19/h5-10,28H,24H2,1-4H3,(H,25,26,27)/t10-/m1/s1. The van der Waals surface area contributed by atoms with Crippen molar-refractivity contribution in [2.75, 3.05) is 24.4 Å². The van der Waals surface area contributed by atoms with Crippen molar-refractivity contribution in [1.82, 2.24) is 9.97 Å². The molecule has 4 N–H and O–H groups in total. The molecule has 0 amide bonds. The van der Waals surface area contributed by atoms with Crippen LogP contribution in [0.3, 0.4) is 0 Å². The van der Waals surface area contributed by atoms with E-state index in [1.54, 1.807) is 19.9 Å². The zero-order valence-corrected chi connectivity index (χ0v) is 17.8. The average molecular weight is 438 g/mol. The number of nitrogen functional groups attached to an aromatic ring is 1. The fraction of sp³-hybridized carbons (Fsp3) is 0.300. The second-order valence-electron chi connectivity index (χ2n) is 7.58. The van der Waals surface area contributed by atoms with Crippen LogP contribution in [0.1, 0.15) is 29.9 Å². The van der Waals surface area contributed by atoms with Crippen LogP contribution in [0, 0.1) is 6.92 Å². The number of hydrogen-bond donors (Lipinski definition) is 3. The Morgan fingerprint density at radius 2 is 1.80 bits per heavy atom. The van der Waals surface area contributed by atoms with Crippen LogP contribution in [0.15, 0.2) is 30.3 Å². The van der Waals surface area contributed by atoms with Gasteiger partial charge in [-0.3, -0.25) is 0 Å². The van der Waals surface area contributed by atoms with Crippen molar-refractivity contribution < 1.29 is 22.8 Å². The van der Waals surface area contributed by atoms with Gasteiger partial charge in [0.2, 0.25) is 0 Å². The summed E-state index contributed by atoms with van der Waals surface area (Å²) < 4.78 is 52.0. The highest BCUT2D eigenvalue weighted by Gasteiger charge is 2.31. The molecule has 0 saturated heterocycles. The number of nitrogens with zero attached hydrogens (tertiary/aromatic N) is 2. The van der Waals surface area contributed by atoms with Gasteiger partial charge in [-0.15, -0.1) is 0 Å². The van der Waals surface area contributed by atoms with Crippen LogP contribution in [0.2, 0.25) is 0 Å². The SMILES string of the molecule is Cc1nc(N[C@H](C)c2cc(N)cc(C(F)(F)F)c2)c2cc(P(C)(C)=O)c(O)cc2n1. The molecule has 0 fully saturated rings. The molecule has 30 heavy (non-hydrogen) atoms. The molecule has 3 aromatic rings. The summed E-state index contributed by atoms with van der Waals surface area (Å²) in [6.45, 7) is 6.41. The van der Waals surface area contributed by atoms with E-state index in [2.05, 4.69) is 15.3 Å². The first-order valence-electron chi connectivity index (χ1n) is 9.07. The van der Waals surface area contributed by atoms with Crippen LogP contribution in [0.25, 0.3) is 10.9 Å². The topological polar surface area (TPSA) is 101 Å². The fourth-order valence-electron chi connectivity index (χ4n) is 3.19. The third kappa shape index (κ3) is 4.51. The number of aromatic nitrogens is 2. The van der Waals surface area contributed by atoms with Crippen molar-refractivity contribution in [1.29, 1.82) is 0 Å². The van der Waals surface area contributed by atoms with E-state index in [1.165, 1.54) is 25.5 Å². The van der Waals surface area contributed by atoms with Crippen molar-refractivity contribution >= 4 is 34.9 Å². The lowest BCUT2D eigenvalue weighted by atomic mass is 10.0. The molecule has 1 aromatic heterocycles. The molecule has 0 aliphatic carbocycles. The molecule has 0 aliphatic rings. The number of benzene rings is 2. The fourth-order valence-corrected chi connectivity index (χ4v) is 4.25. The number of aryl methyl sites for hydroxylation is 1. The number of aromatic hydroxyl groups is 1. The lowest BCUT2D eigenvalue weighted by Gasteiger charge is -2.19. The van der Waals surface area contributed by atoms with Gasteiger partial charge in [-0.1, -0.05) is 0 Å². The molecular weight excluding hydrogens is 416 g/mol. The Morgan fingerprint density at radius 3 is 2.40 bits per heavy atom. The minimum atomic E-state index is -4.52. The van der Waals surface area contributed by atoms with Gasteiger partial charge in [-0.05, 0) is 57.0 Å². The number of halogens is 3. The van der Waals surface area contributed by atoms with Crippen LogP contribution in [0.5, 0.6) is 5.75 Å². The molecule has 160 valence electrons. The lowest BCUT2D eigenvalue weighted by molar-refractivity contribution is -0.137. The van der Waals surface area contributed by atoms with Crippen LogP contribution in [-0.2, 0) is 10.7 Å². The normalized spacial score (nSPS) is 13.4. The van der Waals surface area contributed by atoms with Crippen molar-refractivity contribution in [2.45, 2.75) is 26.1 Å². The maximum Gasteiger partial charge on any atom is 0.416 e. The van der Waals surface area contributed by atoms with Crippen molar-refractivity contribution in [3.63, 3.8) is 0 Å². The Bertz CT molecular complexity index is 1170. The molecule has 0 spiro atoms. The van der Waals surface area contributed by atoms with E-state index in [1.807, 2.05) is 0 Å². The van der Waals surface area contributed by atoms with E-state index in [0.717, 1.165) is 12.1 Å². The van der Waals surface area contributed by atoms with Gasteiger partial charge in [-0.25, -0.2) is 9.97 Å². The molecule has 1 atom stereocenters. The van der Waals surface area contributed by atoms with E-state index in [-0.39, 0.29) is 16.7 Å². The van der Waals surface area contributed by atoms with Crippen LogP contribution in [0.4, 0.5) is 24.7 Å². The van der Waals surface area contributed by atoms with E-state index in [4.69, 9.17) is 5.73 Å². The second kappa shape index (κ2) is 7.47. The van der Waals surface area contributed by atoms with E-state index in [9.17, 15) is 22.8 Å². The number of anilines is 2. The Morgan fingerprint density at radius 1 is 1.13 bits per heavy atom. The van der Waals surface area contributed by atoms with Gasteiger partial charge in [0.25, 0.3) is 0 Å². The summed E-state index contributed by atoms with van der Waals surface area (Å²) >= 11 is 0. The number of rotatable bonds is 4. The highest BCUT2D eigenvalue weighted by molar-refractivity contribution is 7.70. The summed E-state index contributed by atoms with van der Waals surface area (Å²) in [5.74, 6) is 0.637. The van der Waals surface area contributed by atoms with E-state index >= 15 is 0 Å². The predicted octanol–water partition coefficient (Wildman–Crippen LogP) is 4.67. The molecule has 0 bridgehead atoms. The van der Waals surface area contributed by atoms with Crippen LogP contribution < -0.4 is 16.4 Å². The third-order valence-electron chi connectivity index (χ3n) is 4.64. The molecule has 2 aromatic carbocycles. The van der Waals surface area contributed by atoms with Crippen LogP contribution >= 0.6 is 7.14 Å². The molecule has 0 aliphatic heterocycles. The molecule has 0 unspecified atom stereocenters. The summed E-state index contributed by atoms with van der Waals surface area (Å²) in [5.41, 5.74) is 5.60. The zero-order chi connectivity index (χ0) is 22.4. The first kappa shape index (κ1) is 21.9. The van der Waals surface area contributed by atoms with Gasteiger partial charge in [-0.2, -0.15) is 13.2 Å². The number of nitrogens with two attached hydrogens (primary N) is 1. The molecule has 6 nitrogen and oxygen atoms in total. The van der Waals surface area contributed by atoms with Crippen molar-refractivity contribution in [3.05, 3.63) is 47.3 Å². The average Bonchev–Trinajstić information content (AvgIpc) is 2.58. The van der Waals surface area contributed by atoms with Gasteiger partial charge in [0.05, 0.1) is 22.4 Å². The lowest BCUT2D eigenvalue weighted by Crippen LogP contribution is -2.13. The monoisotopic (exact) mass is 438 g/mol. The summed E-state index contributed by atoms with van der Waals surface area (Å²) in [6, 6.07) is 5.78. The summed E-state index contributed by atoms with van der Waals surface area (Å²) in [6.07, 6.45) is -4.52. The quantitative estimate of drug-likeness (QED) is 0.404. The predicted molar refractivity (Wildman–Crippen MR) is 113 cm³/mol. The third-order valence-corrected chi connectivity index (χ3v) is 6.16. The van der Waals surface area contributed by atoms with Gasteiger partial charge in [0.1, 0.15) is 24.5 Å². The summed E-state index contributed by atoms with van der Waals surface area (Å²) in [5, 5.41) is 14.1. The first-order chi connectivity index (χ1) is 13.8. The van der Waals surface area contributed by atoms with Crippen molar-refractivity contribution in [2.24, 2.45) is 0 Å². The van der Waals surface area contributed by atoms with Crippen molar-refractivity contribution in [3.8, 4) is 5.75 Å². The van der Waals surface area contributed by atoms with Crippen LogP contribution in [-0.4, -0.2) is 28.4 Å². The van der Waals surface area contributed by atoms with E-state index < -0.39 is 24.9 Å². The number of fused-ring (bicyclic) bond motifs is 1. The number of alkyl halides is 3. The van der Waals surface area contributed by atoms with E-state index in [0.29, 0.717) is 28.1 Å². The molecule has 10 heteroatoms. The minimum absolute atomic E-state index is 0.00214. The Kier molecular flexibility index (Phi) is 5.45. The maximum absolute atomic E-state index is 13.1. The molecule has 3 rings (SSSR count). The largest absolute Gasteiger partial charge is 0.507 e. The smallest absolute Gasteiger partial charge is 0.416 e. The minimum Gasteiger partial charge on any atom is -0.507 e. The number of nitrogens with one attached hydrogen (secondary N) is 1. The molecular formula is C20H22F3N4O2P. The second-order valence-corrected chi connectivity index (χ2v) is 10.8. The first-order valence-corrected chi connectivity index (χ1v) is 11.7. The maximum atomic E-state index is 13.1. The molecule has 0 saturated carbocycles.